The first kappa shape index (κ1) is 16.7. The average Bonchev–Trinajstić information content (AvgIpc) is 2.47. The highest BCUT2D eigenvalue weighted by Crippen LogP contribution is 2.27. The molecule has 6 heteroatoms. The summed E-state index contributed by atoms with van der Waals surface area (Å²) < 4.78 is 27.6. The van der Waals surface area contributed by atoms with Gasteiger partial charge in [-0.25, -0.2) is 8.42 Å². The molecule has 21 heavy (non-hydrogen) atoms. The van der Waals surface area contributed by atoms with Crippen molar-refractivity contribution in [2.24, 2.45) is 0 Å². The van der Waals surface area contributed by atoms with Gasteiger partial charge in [-0.15, -0.1) is 0 Å². The summed E-state index contributed by atoms with van der Waals surface area (Å²) in [5.74, 6) is 0. The molecule has 1 aromatic rings. The van der Waals surface area contributed by atoms with Crippen molar-refractivity contribution in [3.63, 3.8) is 0 Å². The monoisotopic (exact) mass is 372 g/mol. The van der Waals surface area contributed by atoms with Crippen molar-refractivity contribution in [3.8, 4) is 0 Å². The van der Waals surface area contributed by atoms with E-state index in [0.717, 1.165) is 12.0 Å². The molecule has 1 N–H and O–H groups in total. The summed E-state index contributed by atoms with van der Waals surface area (Å²) in [5.41, 5.74) is 0.970. The van der Waals surface area contributed by atoms with Crippen LogP contribution in [0.1, 0.15) is 25.8 Å². The van der Waals surface area contributed by atoms with Gasteiger partial charge in [-0.2, -0.15) is 4.31 Å². The summed E-state index contributed by atoms with van der Waals surface area (Å²) >= 11 is 3.37. The van der Waals surface area contributed by atoms with E-state index < -0.39 is 10.0 Å². The molecule has 0 spiro atoms. The van der Waals surface area contributed by atoms with Crippen LogP contribution < -0.4 is 5.32 Å². The van der Waals surface area contributed by atoms with Gasteiger partial charge in [0.25, 0.3) is 0 Å². The molecular weight excluding hydrogens is 352 g/mol. The molecule has 1 aromatic carbocycles. The second-order valence-corrected chi connectivity index (χ2v) is 8.18. The third-order valence-corrected chi connectivity index (χ3v) is 6.21. The Bertz CT molecular complexity index is 627. The molecule has 0 amide bonds. The zero-order valence-corrected chi connectivity index (χ0v) is 14.7. The Balaban J connectivity index is 2.29. The van der Waals surface area contributed by atoms with Crippen LogP contribution in [-0.2, 0) is 16.6 Å². The van der Waals surface area contributed by atoms with Crippen molar-refractivity contribution in [1.29, 1.82) is 0 Å². The number of halogens is 1. The van der Waals surface area contributed by atoms with Crippen LogP contribution in [0.2, 0.25) is 0 Å². The van der Waals surface area contributed by atoms with E-state index in [-0.39, 0.29) is 0 Å². The van der Waals surface area contributed by atoms with Gasteiger partial charge < -0.3 is 5.32 Å². The van der Waals surface area contributed by atoms with Crippen LogP contribution in [0.25, 0.3) is 0 Å². The van der Waals surface area contributed by atoms with E-state index in [4.69, 9.17) is 0 Å². The molecule has 1 aliphatic heterocycles. The summed E-state index contributed by atoms with van der Waals surface area (Å²) in [6, 6.07) is 5.87. The van der Waals surface area contributed by atoms with Gasteiger partial charge in [-0.1, -0.05) is 32.1 Å². The van der Waals surface area contributed by atoms with Gasteiger partial charge in [-0.05, 0) is 40.0 Å². The van der Waals surface area contributed by atoms with E-state index >= 15 is 0 Å². The van der Waals surface area contributed by atoms with Gasteiger partial charge in [-0.3, -0.25) is 0 Å². The van der Waals surface area contributed by atoms with Crippen LogP contribution in [-0.4, -0.2) is 31.9 Å². The molecule has 0 saturated carbocycles. The highest BCUT2D eigenvalue weighted by Gasteiger charge is 2.26. The van der Waals surface area contributed by atoms with E-state index in [1.165, 1.54) is 4.31 Å². The Labute approximate surface area is 135 Å². The molecule has 1 heterocycles. The molecule has 0 bridgehead atoms. The Morgan fingerprint density at radius 2 is 2.10 bits per heavy atom. The minimum atomic E-state index is -3.45. The predicted molar refractivity (Wildman–Crippen MR) is 88.6 cm³/mol. The topological polar surface area (TPSA) is 49.4 Å². The minimum absolute atomic E-state index is 0.348. The van der Waals surface area contributed by atoms with E-state index in [0.29, 0.717) is 35.0 Å². The number of nitrogens with zero attached hydrogens (tertiary/aromatic N) is 1. The Hall–Kier alpha value is -0.690. The van der Waals surface area contributed by atoms with Crippen LogP contribution in [0.4, 0.5) is 0 Å². The Morgan fingerprint density at radius 3 is 2.71 bits per heavy atom. The van der Waals surface area contributed by atoms with Crippen molar-refractivity contribution in [1.82, 2.24) is 9.62 Å². The number of benzene rings is 1. The van der Waals surface area contributed by atoms with E-state index in [2.05, 4.69) is 35.1 Å². The molecule has 0 aliphatic carbocycles. The molecule has 1 aliphatic rings. The Kier molecular flexibility index (Phi) is 5.60. The summed E-state index contributed by atoms with van der Waals surface area (Å²) in [4.78, 5) is 0.348. The van der Waals surface area contributed by atoms with Gasteiger partial charge in [0.2, 0.25) is 10.0 Å². The SMILES string of the molecule is CC(C)NCc1ccc(Br)c(S(=O)(=O)N2CC=CCC2)c1. The average molecular weight is 373 g/mol. The molecule has 0 aromatic heterocycles. The van der Waals surface area contributed by atoms with Crippen LogP contribution in [0.3, 0.4) is 0 Å². The maximum atomic E-state index is 12.7. The molecule has 0 radical (unpaired) electrons. The fraction of sp³-hybridized carbons (Fsp3) is 0.467. The number of hydrogen-bond donors (Lipinski definition) is 1. The van der Waals surface area contributed by atoms with E-state index in [1.807, 2.05) is 24.3 Å². The molecular formula is C15H21BrN2O2S. The third-order valence-electron chi connectivity index (χ3n) is 3.35. The summed E-state index contributed by atoms with van der Waals surface area (Å²) in [6.07, 6.45) is 4.69. The van der Waals surface area contributed by atoms with Gasteiger partial charge in [0.05, 0.1) is 4.90 Å². The lowest BCUT2D eigenvalue weighted by Crippen LogP contribution is -2.34. The second-order valence-electron chi connectivity index (χ2n) is 5.42. The molecule has 116 valence electrons. The fourth-order valence-corrected chi connectivity index (χ4v) is 4.54. The number of rotatable bonds is 5. The zero-order valence-electron chi connectivity index (χ0n) is 12.3. The van der Waals surface area contributed by atoms with Gasteiger partial charge in [0, 0.05) is 30.1 Å². The number of sulfonamides is 1. The van der Waals surface area contributed by atoms with Crippen LogP contribution >= 0.6 is 15.9 Å². The highest BCUT2D eigenvalue weighted by atomic mass is 79.9. The summed E-state index contributed by atoms with van der Waals surface area (Å²) in [5, 5.41) is 3.30. The third kappa shape index (κ3) is 4.16. The van der Waals surface area contributed by atoms with Crippen molar-refractivity contribution in [2.45, 2.75) is 37.8 Å². The molecule has 4 nitrogen and oxygen atoms in total. The van der Waals surface area contributed by atoms with E-state index in [9.17, 15) is 8.42 Å². The predicted octanol–water partition coefficient (Wildman–Crippen LogP) is 2.90. The van der Waals surface area contributed by atoms with Crippen molar-refractivity contribution in [3.05, 3.63) is 40.4 Å². The molecule has 2 rings (SSSR count). The molecule has 0 fully saturated rings. The molecule has 0 saturated heterocycles. The van der Waals surface area contributed by atoms with Gasteiger partial charge in [0.15, 0.2) is 0 Å². The Morgan fingerprint density at radius 1 is 1.33 bits per heavy atom. The van der Waals surface area contributed by atoms with Crippen molar-refractivity contribution >= 4 is 26.0 Å². The van der Waals surface area contributed by atoms with Crippen LogP contribution in [0.15, 0.2) is 39.7 Å². The quantitative estimate of drug-likeness (QED) is 0.808. The normalized spacial score (nSPS) is 16.6. The number of nitrogens with one attached hydrogen (secondary N) is 1. The fourth-order valence-electron chi connectivity index (χ4n) is 2.15. The first-order valence-electron chi connectivity index (χ1n) is 7.08. The molecule has 0 atom stereocenters. The first-order chi connectivity index (χ1) is 9.91. The van der Waals surface area contributed by atoms with Crippen LogP contribution in [0.5, 0.6) is 0 Å². The zero-order chi connectivity index (χ0) is 15.5. The lowest BCUT2D eigenvalue weighted by atomic mass is 10.2. The lowest BCUT2D eigenvalue weighted by molar-refractivity contribution is 0.437. The van der Waals surface area contributed by atoms with Crippen molar-refractivity contribution in [2.75, 3.05) is 13.1 Å². The maximum absolute atomic E-state index is 12.7. The minimum Gasteiger partial charge on any atom is -0.310 e. The standard InChI is InChI=1S/C15H21BrN2O2S/c1-12(2)17-11-13-6-7-14(16)15(10-13)21(19,20)18-8-4-3-5-9-18/h3-4,6-7,10,12,17H,5,8-9,11H2,1-2H3. The maximum Gasteiger partial charge on any atom is 0.244 e. The van der Waals surface area contributed by atoms with Crippen LogP contribution in [0, 0.1) is 0 Å². The second kappa shape index (κ2) is 7.05. The van der Waals surface area contributed by atoms with Crippen molar-refractivity contribution < 1.29 is 8.42 Å². The summed E-state index contributed by atoms with van der Waals surface area (Å²) in [6.45, 7) is 5.78. The summed E-state index contributed by atoms with van der Waals surface area (Å²) in [7, 11) is -3.45. The highest BCUT2D eigenvalue weighted by molar-refractivity contribution is 9.10. The first-order valence-corrected chi connectivity index (χ1v) is 9.31. The number of hydrogen-bond acceptors (Lipinski definition) is 3. The van der Waals surface area contributed by atoms with Gasteiger partial charge in [0.1, 0.15) is 0 Å². The largest absolute Gasteiger partial charge is 0.310 e. The molecule has 0 unspecified atom stereocenters. The smallest absolute Gasteiger partial charge is 0.244 e. The lowest BCUT2D eigenvalue weighted by Gasteiger charge is -2.23. The van der Waals surface area contributed by atoms with E-state index in [1.54, 1.807) is 6.07 Å². The van der Waals surface area contributed by atoms with Gasteiger partial charge >= 0.3 is 0 Å².